The summed E-state index contributed by atoms with van der Waals surface area (Å²) in [6.07, 6.45) is 2.96. The number of ether oxygens (including phenoxy) is 1. The number of amides is 1. The Morgan fingerprint density at radius 3 is 2.86 bits per heavy atom. The first-order valence-corrected chi connectivity index (χ1v) is 9.24. The molecule has 4 rings (SSSR count). The van der Waals surface area contributed by atoms with Gasteiger partial charge in [-0.3, -0.25) is 4.79 Å². The minimum absolute atomic E-state index is 0.192. The molecule has 0 unspecified atom stereocenters. The molecule has 0 aliphatic rings. The topological polar surface area (TPSA) is 92.8 Å². The fourth-order valence-corrected chi connectivity index (χ4v) is 3.37. The summed E-state index contributed by atoms with van der Waals surface area (Å²) in [5, 5.41) is 3.99. The van der Waals surface area contributed by atoms with Gasteiger partial charge in [-0.15, -0.1) is 0 Å². The first kappa shape index (κ1) is 18.6. The summed E-state index contributed by atoms with van der Waals surface area (Å²) >= 11 is 0. The molecule has 3 heterocycles. The van der Waals surface area contributed by atoms with E-state index in [0.29, 0.717) is 23.7 Å². The molecule has 0 aliphatic heterocycles. The molecule has 7 heteroatoms. The highest BCUT2D eigenvalue weighted by molar-refractivity contribution is 5.97. The van der Waals surface area contributed by atoms with Crippen LogP contribution in [0.2, 0.25) is 0 Å². The predicted octanol–water partition coefficient (Wildman–Crippen LogP) is 3.58. The Hall–Kier alpha value is -3.74. The third-order valence-electron chi connectivity index (χ3n) is 4.85. The van der Waals surface area contributed by atoms with Gasteiger partial charge in [-0.1, -0.05) is 12.1 Å². The van der Waals surface area contributed by atoms with Crippen LogP contribution in [0.25, 0.3) is 22.2 Å². The van der Waals surface area contributed by atoms with Crippen molar-refractivity contribution in [3.63, 3.8) is 0 Å². The number of aryl methyl sites for hydroxylation is 2. The van der Waals surface area contributed by atoms with E-state index in [-0.39, 0.29) is 5.91 Å². The third-order valence-corrected chi connectivity index (χ3v) is 4.85. The van der Waals surface area contributed by atoms with Gasteiger partial charge < -0.3 is 15.0 Å². The Bertz CT molecular complexity index is 1200. The van der Waals surface area contributed by atoms with Crippen LogP contribution >= 0.6 is 0 Å². The molecule has 29 heavy (non-hydrogen) atoms. The number of hydrogen-bond donors (Lipinski definition) is 2. The summed E-state index contributed by atoms with van der Waals surface area (Å²) in [4.78, 5) is 28.4. The second kappa shape index (κ2) is 7.71. The molecule has 0 saturated heterocycles. The summed E-state index contributed by atoms with van der Waals surface area (Å²) in [6.45, 7) is 4.22. The van der Waals surface area contributed by atoms with Crippen molar-refractivity contribution in [1.82, 2.24) is 25.3 Å². The minimum atomic E-state index is -0.192. The highest BCUT2D eigenvalue weighted by Crippen LogP contribution is 2.32. The number of aromatic nitrogens is 4. The van der Waals surface area contributed by atoms with E-state index in [1.54, 1.807) is 14.0 Å². The van der Waals surface area contributed by atoms with Gasteiger partial charge in [-0.25, -0.2) is 15.0 Å². The van der Waals surface area contributed by atoms with Crippen LogP contribution in [0.5, 0.6) is 5.88 Å². The smallest absolute Gasteiger partial charge is 0.254 e. The highest BCUT2D eigenvalue weighted by Gasteiger charge is 2.14. The number of nitrogens with one attached hydrogen (secondary N) is 2. The molecule has 146 valence electrons. The molecule has 0 atom stereocenters. The maximum Gasteiger partial charge on any atom is 0.254 e. The first-order valence-electron chi connectivity index (χ1n) is 9.24. The lowest BCUT2D eigenvalue weighted by molar-refractivity contribution is 0.0949. The minimum Gasteiger partial charge on any atom is -0.481 e. The molecular weight excluding hydrogens is 366 g/mol. The lowest BCUT2D eigenvalue weighted by Crippen LogP contribution is -2.24. The molecule has 0 bridgehead atoms. The molecule has 0 radical (unpaired) electrons. The van der Waals surface area contributed by atoms with Crippen molar-refractivity contribution in [3.8, 4) is 17.1 Å². The van der Waals surface area contributed by atoms with Crippen molar-refractivity contribution in [2.24, 2.45) is 0 Å². The van der Waals surface area contributed by atoms with Crippen LogP contribution in [0, 0.1) is 13.8 Å². The van der Waals surface area contributed by atoms with E-state index in [1.807, 2.05) is 37.3 Å². The fourth-order valence-electron chi connectivity index (χ4n) is 3.37. The van der Waals surface area contributed by atoms with E-state index in [0.717, 1.165) is 33.4 Å². The van der Waals surface area contributed by atoms with Crippen LogP contribution in [0.4, 0.5) is 0 Å². The SMILES string of the molecule is COc1cccc(-c2c(C)[nH]c3ccc(CNC(=O)c4cncnc4C)cc23)n1. The van der Waals surface area contributed by atoms with E-state index in [4.69, 9.17) is 4.74 Å². The lowest BCUT2D eigenvalue weighted by atomic mass is 10.0. The van der Waals surface area contributed by atoms with E-state index >= 15 is 0 Å². The van der Waals surface area contributed by atoms with Gasteiger partial charge in [-0.05, 0) is 37.6 Å². The van der Waals surface area contributed by atoms with E-state index in [1.165, 1.54) is 12.5 Å². The van der Waals surface area contributed by atoms with Crippen LogP contribution in [0.1, 0.15) is 27.3 Å². The third kappa shape index (κ3) is 3.67. The van der Waals surface area contributed by atoms with Gasteiger partial charge >= 0.3 is 0 Å². The van der Waals surface area contributed by atoms with Gasteiger partial charge in [0.2, 0.25) is 5.88 Å². The summed E-state index contributed by atoms with van der Waals surface area (Å²) < 4.78 is 5.27. The Morgan fingerprint density at radius 1 is 1.21 bits per heavy atom. The van der Waals surface area contributed by atoms with Gasteiger partial charge in [0.15, 0.2) is 0 Å². The van der Waals surface area contributed by atoms with Gasteiger partial charge in [-0.2, -0.15) is 0 Å². The normalized spacial score (nSPS) is 10.9. The Kier molecular flexibility index (Phi) is 4.95. The number of nitrogens with zero attached hydrogens (tertiary/aromatic N) is 3. The fraction of sp³-hybridized carbons (Fsp3) is 0.182. The number of carbonyl (C=O) groups is 1. The standard InChI is InChI=1S/C22H21N5O2/c1-13-17(11-23-12-25-13)22(28)24-10-15-7-8-18-16(9-15)21(14(2)26-18)19-5-4-6-20(27-19)29-3/h4-9,11-12,26H,10H2,1-3H3,(H,24,28). The summed E-state index contributed by atoms with van der Waals surface area (Å²) in [6, 6.07) is 11.8. The number of H-pyrrole nitrogens is 1. The molecule has 0 fully saturated rings. The number of hydrogen-bond acceptors (Lipinski definition) is 5. The maximum absolute atomic E-state index is 12.4. The number of rotatable bonds is 5. The van der Waals surface area contributed by atoms with E-state index in [9.17, 15) is 4.79 Å². The van der Waals surface area contributed by atoms with Crippen LogP contribution in [-0.2, 0) is 6.54 Å². The van der Waals surface area contributed by atoms with Crippen LogP contribution in [0.3, 0.4) is 0 Å². The van der Waals surface area contributed by atoms with Gasteiger partial charge in [0, 0.05) is 41.0 Å². The average molecular weight is 387 g/mol. The summed E-state index contributed by atoms with van der Waals surface area (Å²) in [5.74, 6) is 0.378. The largest absolute Gasteiger partial charge is 0.481 e. The number of aromatic amines is 1. The van der Waals surface area contributed by atoms with Crippen LogP contribution in [0.15, 0.2) is 48.9 Å². The molecule has 7 nitrogen and oxygen atoms in total. The number of methoxy groups -OCH3 is 1. The van der Waals surface area contributed by atoms with Crippen molar-refractivity contribution in [3.05, 3.63) is 71.4 Å². The highest BCUT2D eigenvalue weighted by atomic mass is 16.5. The zero-order valence-electron chi connectivity index (χ0n) is 16.5. The van der Waals surface area contributed by atoms with Crippen LogP contribution in [-0.4, -0.2) is 33.0 Å². The zero-order valence-corrected chi connectivity index (χ0v) is 16.5. The molecule has 1 amide bonds. The molecular formula is C22H21N5O2. The Morgan fingerprint density at radius 2 is 2.07 bits per heavy atom. The quantitative estimate of drug-likeness (QED) is 0.546. The van der Waals surface area contributed by atoms with E-state index in [2.05, 4.69) is 31.3 Å². The van der Waals surface area contributed by atoms with E-state index < -0.39 is 0 Å². The van der Waals surface area contributed by atoms with Crippen molar-refractivity contribution in [2.45, 2.75) is 20.4 Å². The van der Waals surface area contributed by atoms with Crippen molar-refractivity contribution in [2.75, 3.05) is 7.11 Å². The molecule has 2 N–H and O–H groups in total. The summed E-state index contributed by atoms with van der Waals surface area (Å²) in [5.41, 5.74) is 6.03. The zero-order chi connectivity index (χ0) is 20.4. The van der Waals surface area contributed by atoms with Gasteiger partial charge in [0.05, 0.1) is 24.1 Å². The number of pyridine rings is 1. The van der Waals surface area contributed by atoms with Gasteiger partial charge in [0.25, 0.3) is 5.91 Å². The van der Waals surface area contributed by atoms with Crippen LogP contribution < -0.4 is 10.1 Å². The van der Waals surface area contributed by atoms with Crippen molar-refractivity contribution < 1.29 is 9.53 Å². The molecule has 0 aliphatic carbocycles. The van der Waals surface area contributed by atoms with Crippen molar-refractivity contribution >= 4 is 16.8 Å². The molecule has 0 saturated carbocycles. The number of benzene rings is 1. The maximum atomic E-state index is 12.4. The van der Waals surface area contributed by atoms with Crippen molar-refractivity contribution in [1.29, 1.82) is 0 Å². The monoisotopic (exact) mass is 387 g/mol. The molecule has 1 aromatic carbocycles. The Labute approximate surface area is 168 Å². The summed E-state index contributed by atoms with van der Waals surface area (Å²) in [7, 11) is 1.61. The average Bonchev–Trinajstić information content (AvgIpc) is 3.07. The lowest BCUT2D eigenvalue weighted by Gasteiger charge is -2.08. The second-order valence-electron chi connectivity index (χ2n) is 6.77. The molecule has 0 spiro atoms. The molecule has 3 aromatic heterocycles. The van der Waals surface area contributed by atoms with Gasteiger partial charge in [0.1, 0.15) is 6.33 Å². The first-order chi connectivity index (χ1) is 14.1. The number of carbonyl (C=O) groups excluding carboxylic acids is 1. The molecule has 4 aromatic rings. The Balaban J connectivity index is 1.64. The number of fused-ring (bicyclic) bond motifs is 1. The predicted molar refractivity (Wildman–Crippen MR) is 111 cm³/mol. The second-order valence-corrected chi connectivity index (χ2v) is 6.77.